The number of ether oxygens (including phenoxy) is 1. The lowest BCUT2D eigenvalue weighted by Crippen LogP contribution is -2.46. The Hall–Kier alpha value is -2.40. The number of carbonyl (C=O) groups is 2. The average molecular weight is 364 g/mol. The van der Waals surface area contributed by atoms with Crippen LogP contribution < -0.4 is 5.32 Å². The number of hydrogen-bond acceptors (Lipinski definition) is 6. The molecule has 0 spiro atoms. The molecule has 25 heavy (non-hydrogen) atoms. The topological polar surface area (TPSA) is 113 Å². The lowest BCUT2D eigenvalue weighted by molar-refractivity contribution is -0.125. The van der Waals surface area contributed by atoms with Gasteiger partial charge in [0, 0.05) is 6.26 Å². The molecule has 134 valence electrons. The maximum absolute atomic E-state index is 11.9. The average Bonchev–Trinajstić information content (AvgIpc) is 3.01. The van der Waals surface area contributed by atoms with Gasteiger partial charge in [-0.25, -0.2) is 13.2 Å². The van der Waals surface area contributed by atoms with E-state index in [4.69, 9.17) is 4.74 Å². The molecule has 1 aliphatic rings. The lowest BCUT2D eigenvalue weighted by atomic mass is 10.00. The van der Waals surface area contributed by atoms with Crippen LogP contribution in [0.2, 0.25) is 0 Å². The van der Waals surface area contributed by atoms with E-state index in [0.717, 1.165) is 19.1 Å². The quantitative estimate of drug-likeness (QED) is 0.762. The number of benzene rings is 1. The summed E-state index contributed by atoms with van der Waals surface area (Å²) in [6.45, 7) is -0.465. The summed E-state index contributed by atoms with van der Waals surface area (Å²) in [5.74, 6) is -1.30. The Balaban J connectivity index is 1.87. The van der Waals surface area contributed by atoms with Crippen molar-refractivity contribution in [2.75, 3.05) is 12.9 Å². The predicted molar refractivity (Wildman–Crippen MR) is 90.2 cm³/mol. The molecule has 1 N–H and O–H groups in total. The molecule has 0 saturated heterocycles. The van der Waals surface area contributed by atoms with Crippen LogP contribution in [0.3, 0.4) is 0 Å². The summed E-state index contributed by atoms with van der Waals surface area (Å²) in [6, 6.07) is 8.09. The summed E-state index contributed by atoms with van der Waals surface area (Å²) in [7, 11) is -3.15. The van der Waals surface area contributed by atoms with Gasteiger partial charge in [-0.05, 0) is 43.4 Å². The first kappa shape index (κ1) is 18.9. The van der Waals surface area contributed by atoms with Gasteiger partial charge in [-0.1, -0.05) is 12.1 Å². The van der Waals surface area contributed by atoms with Crippen LogP contribution in [-0.4, -0.2) is 38.7 Å². The summed E-state index contributed by atoms with van der Waals surface area (Å²) in [4.78, 5) is 23.9. The molecular weight excluding hydrogens is 344 g/mol. The van der Waals surface area contributed by atoms with Crippen LogP contribution in [0.5, 0.6) is 0 Å². The zero-order valence-electron chi connectivity index (χ0n) is 13.9. The van der Waals surface area contributed by atoms with Crippen molar-refractivity contribution in [1.29, 1.82) is 5.26 Å². The van der Waals surface area contributed by atoms with E-state index in [0.29, 0.717) is 18.4 Å². The van der Waals surface area contributed by atoms with Crippen LogP contribution in [0, 0.1) is 11.3 Å². The second-order valence-electron chi connectivity index (χ2n) is 6.29. The van der Waals surface area contributed by atoms with Gasteiger partial charge in [-0.15, -0.1) is 0 Å². The van der Waals surface area contributed by atoms with Gasteiger partial charge in [0.1, 0.15) is 5.54 Å². The fraction of sp³-hybridized carbons (Fsp3) is 0.471. The largest absolute Gasteiger partial charge is 0.452 e. The Morgan fingerprint density at radius 1 is 1.24 bits per heavy atom. The van der Waals surface area contributed by atoms with Crippen molar-refractivity contribution in [3.05, 3.63) is 35.4 Å². The highest BCUT2D eigenvalue weighted by Gasteiger charge is 2.35. The molecule has 0 radical (unpaired) electrons. The number of nitrogens with one attached hydrogen (secondary N) is 1. The third-order valence-electron chi connectivity index (χ3n) is 4.00. The van der Waals surface area contributed by atoms with E-state index in [1.54, 1.807) is 0 Å². The van der Waals surface area contributed by atoms with Crippen LogP contribution in [0.4, 0.5) is 0 Å². The zero-order valence-corrected chi connectivity index (χ0v) is 14.8. The number of amides is 1. The Morgan fingerprint density at radius 2 is 1.84 bits per heavy atom. The van der Waals surface area contributed by atoms with E-state index in [-0.39, 0.29) is 11.3 Å². The summed E-state index contributed by atoms with van der Waals surface area (Å²) < 4.78 is 27.4. The van der Waals surface area contributed by atoms with Crippen molar-refractivity contribution in [1.82, 2.24) is 5.32 Å². The third kappa shape index (κ3) is 5.57. The molecule has 0 aromatic heterocycles. The molecule has 1 aromatic carbocycles. The SMILES string of the molecule is CS(=O)(=O)Cc1ccc(C(=O)OCC(=O)NC2(C#N)CCCC2)cc1. The van der Waals surface area contributed by atoms with Gasteiger partial charge in [-0.2, -0.15) is 5.26 Å². The van der Waals surface area contributed by atoms with E-state index < -0.39 is 33.9 Å². The van der Waals surface area contributed by atoms with E-state index in [9.17, 15) is 23.3 Å². The number of nitrogens with zero attached hydrogens (tertiary/aromatic N) is 1. The Morgan fingerprint density at radius 3 is 2.36 bits per heavy atom. The van der Waals surface area contributed by atoms with E-state index in [1.807, 2.05) is 0 Å². The molecule has 1 aromatic rings. The highest BCUT2D eigenvalue weighted by molar-refractivity contribution is 7.89. The minimum atomic E-state index is -3.15. The van der Waals surface area contributed by atoms with Crippen LogP contribution in [0.1, 0.15) is 41.6 Å². The van der Waals surface area contributed by atoms with Gasteiger partial charge in [0.25, 0.3) is 5.91 Å². The van der Waals surface area contributed by atoms with E-state index in [2.05, 4.69) is 11.4 Å². The van der Waals surface area contributed by atoms with Crippen LogP contribution in [0.25, 0.3) is 0 Å². The zero-order chi connectivity index (χ0) is 18.5. The van der Waals surface area contributed by atoms with Gasteiger partial charge in [0.2, 0.25) is 0 Å². The molecule has 0 bridgehead atoms. The first-order valence-corrected chi connectivity index (χ1v) is 9.95. The maximum Gasteiger partial charge on any atom is 0.338 e. The molecule has 8 heteroatoms. The molecule has 1 aliphatic carbocycles. The Bertz CT molecular complexity index is 787. The second kappa shape index (κ2) is 7.66. The van der Waals surface area contributed by atoms with E-state index in [1.165, 1.54) is 24.3 Å². The second-order valence-corrected chi connectivity index (χ2v) is 8.43. The van der Waals surface area contributed by atoms with Gasteiger partial charge >= 0.3 is 5.97 Å². The minimum absolute atomic E-state index is 0.110. The Kier molecular flexibility index (Phi) is 5.80. The molecular formula is C17H20N2O5S. The fourth-order valence-electron chi connectivity index (χ4n) is 2.80. The van der Waals surface area contributed by atoms with Crippen LogP contribution in [-0.2, 0) is 25.1 Å². The van der Waals surface area contributed by atoms with Gasteiger partial charge in [0.05, 0.1) is 17.4 Å². The van der Waals surface area contributed by atoms with Crippen LogP contribution in [0.15, 0.2) is 24.3 Å². The summed E-state index contributed by atoms with van der Waals surface area (Å²) in [6.07, 6.45) is 4.10. The molecule has 0 unspecified atom stereocenters. The van der Waals surface area contributed by atoms with Crippen molar-refractivity contribution in [2.24, 2.45) is 0 Å². The number of nitriles is 1. The normalized spacial score (nSPS) is 16.0. The number of sulfone groups is 1. The third-order valence-corrected chi connectivity index (χ3v) is 4.86. The fourth-order valence-corrected chi connectivity index (χ4v) is 3.60. The summed E-state index contributed by atoms with van der Waals surface area (Å²) in [5, 5.41) is 11.9. The molecule has 1 fully saturated rings. The number of hydrogen-bond donors (Lipinski definition) is 1. The summed E-state index contributed by atoms with van der Waals surface area (Å²) >= 11 is 0. The van der Waals surface area contributed by atoms with Crippen molar-refractivity contribution < 1.29 is 22.7 Å². The van der Waals surface area contributed by atoms with Crippen LogP contribution >= 0.6 is 0 Å². The maximum atomic E-state index is 11.9. The number of esters is 1. The monoisotopic (exact) mass is 364 g/mol. The van der Waals surface area contributed by atoms with Gasteiger partial charge < -0.3 is 10.1 Å². The van der Waals surface area contributed by atoms with Crippen molar-refractivity contribution in [2.45, 2.75) is 37.0 Å². The number of rotatable bonds is 6. The standard InChI is InChI=1S/C17H20N2O5S/c1-25(22,23)11-13-4-6-14(7-5-13)16(21)24-10-15(20)19-17(12-18)8-2-3-9-17/h4-7H,2-3,8-11H2,1H3,(H,19,20). The van der Waals surface area contributed by atoms with Crippen molar-refractivity contribution >= 4 is 21.7 Å². The first-order valence-electron chi connectivity index (χ1n) is 7.89. The predicted octanol–water partition coefficient (Wildman–Crippen LogP) is 1.34. The molecule has 2 rings (SSSR count). The molecule has 1 amide bonds. The van der Waals surface area contributed by atoms with E-state index >= 15 is 0 Å². The van der Waals surface area contributed by atoms with Gasteiger partial charge in [0.15, 0.2) is 16.4 Å². The molecule has 1 saturated carbocycles. The number of carbonyl (C=O) groups excluding carboxylic acids is 2. The summed E-state index contributed by atoms with van der Waals surface area (Å²) in [5.41, 5.74) is -0.0635. The molecule has 7 nitrogen and oxygen atoms in total. The smallest absolute Gasteiger partial charge is 0.338 e. The molecule has 0 aliphatic heterocycles. The van der Waals surface area contributed by atoms with Crippen molar-refractivity contribution in [3.63, 3.8) is 0 Å². The highest BCUT2D eigenvalue weighted by Crippen LogP contribution is 2.28. The molecule has 0 atom stereocenters. The van der Waals surface area contributed by atoms with Crippen molar-refractivity contribution in [3.8, 4) is 6.07 Å². The molecule has 0 heterocycles. The van der Waals surface area contributed by atoms with Gasteiger partial charge in [-0.3, -0.25) is 4.79 Å². The lowest BCUT2D eigenvalue weighted by Gasteiger charge is -2.21. The highest BCUT2D eigenvalue weighted by atomic mass is 32.2. The minimum Gasteiger partial charge on any atom is -0.452 e. The first-order chi connectivity index (χ1) is 11.7. The Labute approximate surface area is 146 Å².